The van der Waals surface area contributed by atoms with Crippen LogP contribution in [-0.2, 0) is 9.59 Å². The van der Waals surface area contributed by atoms with Crippen LogP contribution in [0, 0.1) is 11.7 Å². The molecule has 6 nitrogen and oxygen atoms in total. The van der Waals surface area contributed by atoms with Crippen LogP contribution in [-0.4, -0.2) is 43.0 Å². The molecule has 2 unspecified atom stereocenters. The monoisotopic (exact) mass is 524 g/mol. The van der Waals surface area contributed by atoms with E-state index in [0.29, 0.717) is 24.5 Å². The van der Waals surface area contributed by atoms with Crippen molar-refractivity contribution in [3.63, 3.8) is 0 Å². The molecule has 2 atom stereocenters. The maximum atomic E-state index is 14.2. The fourth-order valence-corrected chi connectivity index (χ4v) is 4.58. The van der Waals surface area contributed by atoms with Gasteiger partial charge in [-0.3, -0.25) is 14.5 Å². The van der Waals surface area contributed by atoms with Gasteiger partial charge < -0.3 is 16.4 Å². The number of carbonyl (C=O) groups is 2. The Morgan fingerprint density at radius 2 is 1.78 bits per heavy atom. The number of benzene rings is 3. The quantitative estimate of drug-likeness (QED) is 0.274. The van der Waals surface area contributed by atoms with Gasteiger partial charge in [-0.1, -0.05) is 48.0 Å². The van der Waals surface area contributed by atoms with Crippen LogP contribution >= 0.6 is 11.6 Å². The zero-order chi connectivity index (χ0) is 26.4. The van der Waals surface area contributed by atoms with Crippen LogP contribution in [0.4, 0.5) is 25.8 Å². The van der Waals surface area contributed by atoms with Crippen molar-refractivity contribution < 1.29 is 18.4 Å². The van der Waals surface area contributed by atoms with Crippen molar-refractivity contribution in [3.05, 3.63) is 94.8 Å². The molecule has 1 heterocycles. The van der Waals surface area contributed by atoms with E-state index in [0.717, 1.165) is 17.2 Å². The van der Waals surface area contributed by atoms with Gasteiger partial charge in [0.15, 0.2) is 0 Å². The molecule has 3 aromatic rings. The van der Waals surface area contributed by atoms with Crippen molar-refractivity contribution in [2.75, 3.05) is 42.7 Å². The molecule has 3 aromatic carbocycles. The van der Waals surface area contributed by atoms with Crippen LogP contribution in [0.3, 0.4) is 0 Å². The van der Waals surface area contributed by atoms with E-state index in [-0.39, 0.29) is 35.0 Å². The number of nitrogens with two attached hydrogens (primary N) is 1. The van der Waals surface area contributed by atoms with Gasteiger partial charge in [-0.25, -0.2) is 8.78 Å². The Bertz CT molecular complexity index is 1300. The smallest absolute Gasteiger partial charge is 0.248 e. The molecular weight excluding hydrogens is 498 g/mol. The largest absolute Gasteiger partial charge is 0.397 e. The third-order valence-corrected chi connectivity index (χ3v) is 6.57. The summed E-state index contributed by atoms with van der Waals surface area (Å²) >= 11 is 5.81. The summed E-state index contributed by atoms with van der Waals surface area (Å²) in [5.74, 6) is -1.97. The molecule has 1 aliphatic heterocycles. The van der Waals surface area contributed by atoms with E-state index in [9.17, 15) is 18.4 Å². The van der Waals surface area contributed by atoms with Crippen LogP contribution in [0.5, 0.6) is 0 Å². The highest BCUT2D eigenvalue weighted by Crippen LogP contribution is 2.34. The van der Waals surface area contributed by atoms with Crippen LogP contribution < -0.4 is 16.4 Å². The molecule has 9 heteroatoms. The van der Waals surface area contributed by atoms with Gasteiger partial charge in [0.25, 0.3) is 0 Å². The number of para-hydroxylation sites is 2. The van der Waals surface area contributed by atoms with Gasteiger partial charge in [-0.15, -0.1) is 0 Å². The third-order valence-electron chi connectivity index (χ3n) is 6.33. The molecule has 37 heavy (non-hydrogen) atoms. The highest BCUT2D eigenvalue weighted by atomic mass is 35.5. The Morgan fingerprint density at radius 1 is 1.03 bits per heavy atom. The average molecular weight is 525 g/mol. The van der Waals surface area contributed by atoms with E-state index in [1.165, 1.54) is 18.2 Å². The molecule has 1 fully saturated rings. The third kappa shape index (κ3) is 6.72. The first-order valence-electron chi connectivity index (χ1n) is 11.8. The second-order valence-corrected chi connectivity index (χ2v) is 9.29. The lowest BCUT2D eigenvalue weighted by atomic mass is 9.88. The second-order valence-electron chi connectivity index (χ2n) is 8.85. The van der Waals surface area contributed by atoms with Crippen molar-refractivity contribution >= 4 is 46.6 Å². The fraction of sp³-hybridized carbons (Fsp3) is 0.214. The Balaban J connectivity index is 1.45. The Morgan fingerprint density at radius 3 is 2.49 bits per heavy atom. The van der Waals surface area contributed by atoms with E-state index < -0.39 is 18.4 Å². The van der Waals surface area contributed by atoms with Gasteiger partial charge in [0, 0.05) is 36.7 Å². The lowest BCUT2D eigenvalue weighted by Crippen LogP contribution is -2.29. The second kappa shape index (κ2) is 12.0. The number of nitrogens with one attached hydrogen (secondary N) is 2. The summed E-state index contributed by atoms with van der Waals surface area (Å²) in [6, 6.07) is 18.5. The van der Waals surface area contributed by atoms with Crippen molar-refractivity contribution in [1.29, 1.82) is 0 Å². The number of rotatable bonds is 8. The van der Waals surface area contributed by atoms with Gasteiger partial charge in [0.2, 0.25) is 11.8 Å². The average Bonchev–Trinajstić information content (AvgIpc) is 3.30. The number of nitrogen functional groups attached to an aromatic ring is 1. The predicted molar refractivity (Wildman–Crippen MR) is 144 cm³/mol. The van der Waals surface area contributed by atoms with E-state index in [4.69, 9.17) is 17.3 Å². The van der Waals surface area contributed by atoms with Crippen molar-refractivity contribution in [3.8, 4) is 0 Å². The summed E-state index contributed by atoms with van der Waals surface area (Å²) in [6.07, 6.45) is 3.09. The van der Waals surface area contributed by atoms with Gasteiger partial charge in [-0.2, -0.15) is 0 Å². The number of hydrogen-bond donors (Lipinski definition) is 3. The lowest BCUT2D eigenvalue weighted by molar-refractivity contribution is -0.120. The van der Waals surface area contributed by atoms with E-state index in [1.54, 1.807) is 30.3 Å². The summed E-state index contributed by atoms with van der Waals surface area (Å²) in [7, 11) is 0. The molecular formula is C28H27ClF2N4O2. The predicted octanol–water partition coefficient (Wildman–Crippen LogP) is 5.34. The first-order chi connectivity index (χ1) is 17.8. The first kappa shape index (κ1) is 26.3. The van der Waals surface area contributed by atoms with Gasteiger partial charge in [0.05, 0.1) is 23.0 Å². The Labute approximate surface area is 219 Å². The van der Waals surface area contributed by atoms with Crippen LogP contribution in [0.15, 0.2) is 72.8 Å². The summed E-state index contributed by atoms with van der Waals surface area (Å²) in [5, 5.41) is 5.62. The summed E-state index contributed by atoms with van der Waals surface area (Å²) in [4.78, 5) is 27.3. The molecule has 1 aliphatic rings. The first-order valence-corrected chi connectivity index (χ1v) is 12.2. The van der Waals surface area contributed by atoms with Gasteiger partial charge in [-0.05, 0) is 47.5 Å². The number of halogens is 3. The van der Waals surface area contributed by atoms with E-state index in [1.807, 2.05) is 29.2 Å². The number of carbonyl (C=O) groups excluding carboxylic acids is 2. The highest BCUT2D eigenvalue weighted by Gasteiger charge is 2.38. The molecule has 0 aromatic heterocycles. The van der Waals surface area contributed by atoms with Crippen molar-refractivity contribution in [2.45, 2.75) is 5.92 Å². The van der Waals surface area contributed by atoms with E-state index >= 15 is 0 Å². The number of alkyl halides is 1. The van der Waals surface area contributed by atoms with Gasteiger partial charge >= 0.3 is 0 Å². The Kier molecular flexibility index (Phi) is 8.53. The summed E-state index contributed by atoms with van der Waals surface area (Å²) in [6.45, 7) is 0.562. The number of amides is 2. The van der Waals surface area contributed by atoms with Crippen molar-refractivity contribution in [1.82, 2.24) is 4.90 Å². The molecule has 0 saturated carbocycles. The Hall–Kier alpha value is -3.75. The molecule has 0 spiro atoms. The van der Waals surface area contributed by atoms with Crippen LogP contribution in [0.1, 0.15) is 17.0 Å². The zero-order valence-corrected chi connectivity index (χ0v) is 20.7. The number of hydrogen-bond acceptors (Lipinski definition) is 4. The maximum Gasteiger partial charge on any atom is 0.248 e. The van der Waals surface area contributed by atoms with Crippen LogP contribution in [0.25, 0.3) is 6.08 Å². The molecule has 0 aliphatic carbocycles. The molecule has 0 bridgehead atoms. The summed E-state index contributed by atoms with van der Waals surface area (Å²) < 4.78 is 27.3. The minimum Gasteiger partial charge on any atom is -0.397 e. The minimum atomic E-state index is -0.619. The molecule has 4 N–H and O–H groups in total. The SMILES string of the molecule is Nc1ccccc1NC(=O)C=Cc1ccc(C2CN(CCF)CC2C(=O)Nc2ccc(Cl)cc2F)cc1. The number of nitrogens with zero attached hydrogens (tertiary/aromatic N) is 1. The fourth-order valence-electron chi connectivity index (χ4n) is 4.42. The minimum absolute atomic E-state index is 0.0492. The normalized spacial score (nSPS) is 17.7. The lowest BCUT2D eigenvalue weighted by Gasteiger charge is -2.19. The molecule has 4 rings (SSSR count). The highest BCUT2D eigenvalue weighted by molar-refractivity contribution is 6.30. The topological polar surface area (TPSA) is 87.5 Å². The maximum absolute atomic E-state index is 14.2. The molecule has 192 valence electrons. The van der Waals surface area contributed by atoms with E-state index in [2.05, 4.69) is 10.6 Å². The molecule has 1 saturated heterocycles. The number of anilines is 3. The molecule has 0 radical (unpaired) electrons. The summed E-state index contributed by atoms with van der Waals surface area (Å²) in [5.41, 5.74) is 8.61. The van der Waals surface area contributed by atoms with Crippen LogP contribution in [0.2, 0.25) is 5.02 Å². The zero-order valence-electron chi connectivity index (χ0n) is 20.0. The van der Waals surface area contributed by atoms with Crippen molar-refractivity contribution in [2.24, 2.45) is 5.92 Å². The standard InChI is InChI=1S/C28H27ClF2N4O2/c29-20-10-11-25(23(31)15-20)34-28(37)22-17-35(14-13-30)16-21(22)19-8-5-18(6-9-19)7-12-27(36)33-26-4-2-1-3-24(26)32/h1-12,15,21-22H,13-14,16-17,32H2,(H,33,36)(H,34,37). The number of likely N-dealkylation sites (tertiary alicyclic amines) is 1. The molecule has 2 amide bonds. The van der Waals surface area contributed by atoms with Gasteiger partial charge in [0.1, 0.15) is 12.5 Å².